The van der Waals surface area contributed by atoms with E-state index in [-0.39, 0.29) is 5.92 Å². The zero-order valence-corrected chi connectivity index (χ0v) is 4.69. The van der Waals surface area contributed by atoms with Gasteiger partial charge in [-0.15, -0.1) is 0 Å². The van der Waals surface area contributed by atoms with Crippen molar-refractivity contribution in [3.63, 3.8) is 0 Å². The van der Waals surface area contributed by atoms with Gasteiger partial charge < -0.3 is 0 Å². The highest BCUT2D eigenvalue weighted by Gasteiger charge is 2.21. The maximum absolute atomic E-state index is 11.8. The molecule has 1 aliphatic rings. The molecule has 0 atom stereocenters. The number of halogens is 1. The summed E-state index contributed by atoms with van der Waals surface area (Å²) in [5.74, 6) is -0.241. The molecule has 1 saturated carbocycles. The molecule has 1 aliphatic carbocycles. The summed E-state index contributed by atoms with van der Waals surface area (Å²) < 4.78 is 11.8. The van der Waals surface area contributed by atoms with Crippen LogP contribution >= 0.6 is 0 Å². The van der Waals surface area contributed by atoms with Gasteiger partial charge in [-0.3, -0.25) is 4.79 Å². The molecule has 0 aromatic heterocycles. The number of rotatable bonds is 1. The van der Waals surface area contributed by atoms with Gasteiger partial charge in [0.15, 0.2) is 0 Å². The van der Waals surface area contributed by atoms with Crippen LogP contribution in [0.5, 0.6) is 0 Å². The van der Waals surface area contributed by atoms with E-state index in [0.717, 1.165) is 25.7 Å². The zero-order chi connectivity index (χ0) is 5.98. The first-order chi connectivity index (χ1) is 3.80. The summed E-state index contributed by atoms with van der Waals surface area (Å²) in [6, 6.07) is -1.11. The summed E-state index contributed by atoms with van der Waals surface area (Å²) in [4.78, 5) is 9.98. The summed E-state index contributed by atoms with van der Waals surface area (Å²) in [5.41, 5.74) is 0. The van der Waals surface area contributed by atoms with Crippen molar-refractivity contribution < 1.29 is 9.18 Å². The Balaban J connectivity index is 2.35. The molecule has 0 aromatic carbocycles. The second-order valence-corrected chi connectivity index (χ2v) is 2.29. The van der Waals surface area contributed by atoms with E-state index in [1.54, 1.807) is 0 Å². The van der Waals surface area contributed by atoms with Crippen molar-refractivity contribution in [1.29, 1.82) is 0 Å². The van der Waals surface area contributed by atoms with Crippen molar-refractivity contribution in [1.82, 2.24) is 0 Å². The average Bonchev–Trinajstić information content (AvgIpc) is 2.12. The van der Waals surface area contributed by atoms with Crippen molar-refractivity contribution in [2.45, 2.75) is 25.7 Å². The van der Waals surface area contributed by atoms with E-state index >= 15 is 0 Å². The Kier molecular flexibility index (Phi) is 1.61. The smallest absolute Gasteiger partial charge is 0.261 e. The lowest BCUT2D eigenvalue weighted by Gasteiger charge is -1.95. The second-order valence-electron chi connectivity index (χ2n) is 2.29. The summed E-state index contributed by atoms with van der Waals surface area (Å²) in [6.45, 7) is 0. The Bertz CT molecular complexity index is 94.7. The van der Waals surface area contributed by atoms with Crippen LogP contribution in [-0.2, 0) is 4.79 Å². The normalized spacial score (nSPS) is 21.6. The van der Waals surface area contributed by atoms with Gasteiger partial charge in [0, 0.05) is 5.92 Å². The number of carbonyl (C=O) groups excluding carboxylic acids is 1. The van der Waals surface area contributed by atoms with E-state index in [1.165, 1.54) is 0 Å². The first-order valence-corrected chi connectivity index (χ1v) is 3.00. The summed E-state index contributed by atoms with van der Waals surface area (Å²) in [7, 11) is 0. The summed E-state index contributed by atoms with van der Waals surface area (Å²) >= 11 is 0. The van der Waals surface area contributed by atoms with Gasteiger partial charge in [-0.05, 0) is 12.8 Å². The predicted octanol–water partition coefficient (Wildman–Crippen LogP) is 1.67. The fraction of sp³-hybridized carbons (Fsp3) is 0.833. The minimum absolute atomic E-state index is 0.241. The van der Waals surface area contributed by atoms with Crippen LogP contribution in [0.25, 0.3) is 0 Å². The molecular weight excluding hydrogens is 107 g/mol. The first kappa shape index (κ1) is 5.73. The van der Waals surface area contributed by atoms with Gasteiger partial charge >= 0.3 is 6.04 Å². The fourth-order valence-corrected chi connectivity index (χ4v) is 1.15. The van der Waals surface area contributed by atoms with Crippen LogP contribution in [0, 0.1) is 5.92 Å². The quantitative estimate of drug-likeness (QED) is 0.476. The topological polar surface area (TPSA) is 17.1 Å². The van der Waals surface area contributed by atoms with Crippen molar-refractivity contribution in [2.75, 3.05) is 0 Å². The third-order valence-electron chi connectivity index (χ3n) is 1.68. The van der Waals surface area contributed by atoms with E-state index < -0.39 is 6.04 Å². The molecule has 0 spiro atoms. The lowest BCUT2D eigenvalue weighted by atomic mass is 10.1. The summed E-state index contributed by atoms with van der Waals surface area (Å²) in [6.07, 6.45) is 3.60. The van der Waals surface area contributed by atoms with Gasteiger partial charge in [-0.25, -0.2) is 0 Å². The molecule has 2 heteroatoms. The maximum atomic E-state index is 11.8. The first-order valence-electron chi connectivity index (χ1n) is 3.00. The molecule has 0 aromatic rings. The van der Waals surface area contributed by atoms with Crippen molar-refractivity contribution >= 4 is 6.04 Å². The molecule has 0 saturated heterocycles. The molecule has 0 amide bonds. The molecule has 1 rings (SSSR count). The predicted molar refractivity (Wildman–Crippen MR) is 28.1 cm³/mol. The maximum Gasteiger partial charge on any atom is 0.304 e. The highest BCUT2D eigenvalue weighted by molar-refractivity contribution is 5.71. The standard InChI is InChI=1S/C6H9FO/c7-6(8)5-3-1-2-4-5/h5H,1-4H2. The van der Waals surface area contributed by atoms with Crippen LogP contribution < -0.4 is 0 Å². The van der Waals surface area contributed by atoms with Gasteiger partial charge in [0.05, 0.1) is 0 Å². The lowest BCUT2D eigenvalue weighted by Crippen LogP contribution is -2.02. The second kappa shape index (κ2) is 2.25. The average molecular weight is 116 g/mol. The third-order valence-corrected chi connectivity index (χ3v) is 1.68. The fourth-order valence-electron chi connectivity index (χ4n) is 1.15. The zero-order valence-electron chi connectivity index (χ0n) is 4.69. The van der Waals surface area contributed by atoms with Gasteiger partial charge in [0.2, 0.25) is 0 Å². The van der Waals surface area contributed by atoms with Crippen molar-refractivity contribution in [3.8, 4) is 0 Å². The number of hydrogen-bond acceptors (Lipinski definition) is 1. The van der Waals surface area contributed by atoms with E-state index in [1.807, 2.05) is 0 Å². The van der Waals surface area contributed by atoms with Crippen LogP contribution in [0.3, 0.4) is 0 Å². The molecule has 0 bridgehead atoms. The number of carbonyl (C=O) groups is 1. The van der Waals surface area contributed by atoms with E-state index in [9.17, 15) is 9.18 Å². The minimum atomic E-state index is -1.11. The van der Waals surface area contributed by atoms with Crippen molar-refractivity contribution in [3.05, 3.63) is 0 Å². The molecule has 0 heterocycles. The van der Waals surface area contributed by atoms with E-state index in [0.29, 0.717) is 0 Å². The molecule has 0 N–H and O–H groups in total. The largest absolute Gasteiger partial charge is 0.304 e. The van der Waals surface area contributed by atoms with Crippen LogP contribution in [0.15, 0.2) is 0 Å². The van der Waals surface area contributed by atoms with Gasteiger partial charge in [-0.2, -0.15) is 4.39 Å². The molecule has 46 valence electrons. The minimum Gasteiger partial charge on any atom is -0.261 e. The Morgan fingerprint density at radius 3 is 2.12 bits per heavy atom. The molecule has 0 radical (unpaired) electrons. The van der Waals surface area contributed by atoms with E-state index in [4.69, 9.17) is 0 Å². The Morgan fingerprint density at radius 2 is 1.88 bits per heavy atom. The Morgan fingerprint density at radius 1 is 1.38 bits per heavy atom. The molecule has 1 nitrogen and oxygen atoms in total. The summed E-state index contributed by atoms with van der Waals surface area (Å²) in [5, 5.41) is 0. The van der Waals surface area contributed by atoms with Crippen LogP contribution in [0.1, 0.15) is 25.7 Å². The molecule has 1 fully saturated rings. The molecule has 0 unspecified atom stereocenters. The highest BCUT2D eigenvalue weighted by Crippen LogP contribution is 2.25. The molecular formula is C6H9FO. The molecule has 8 heavy (non-hydrogen) atoms. The van der Waals surface area contributed by atoms with Crippen LogP contribution in [0.2, 0.25) is 0 Å². The van der Waals surface area contributed by atoms with Gasteiger partial charge in [-0.1, -0.05) is 12.8 Å². The molecule has 0 aliphatic heterocycles. The van der Waals surface area contributed by atoms with Gasteiger partial charge in [0.1, 0.15) is 0 Å². The van der Waals surface area contributed by atoms with E-state index in [2.05, 4.69) is 0 Å². The monoisotopic (exact) mass is 116 g/mol. The Labute approximate surface area is 47.9 Å². The Hall–Kier alpha value is -0.400. The number of hydrogen-bond donors (Lipinski definition) is 0. The van der Waals surface area contributed by atoms with Crippen molar-refractivity contribution in [2.24, 2.45) is 5.92 Å². The van der Waals surface area contributed by atoms with Gasteiger partial charge in [0.25, 0.3) is 0 Å². The lowest BCUT2D eigenvalue weighted by molar-refractivity contribution is -0.133. The van der Waals surface area contributed by atoms with Crippen LogP contribution in [-0.4, -0.2) is 6.04 Å². The third kappa shape index (κ3) is 1.05. The SMILES string of the molecule is O=C(F)C1CCCC1. The highest BCUT2D eigenvalue weighted by atomic mass is 19.1. The van der Waals surface area contributed by atoms with Crippen LogP contribution in [0.4, 0.5) is 4.39 Å².